The number of aromatic nitrogens is 2. The van der Waals surface area contributed by atoms with E-state index in [1.165, 1.54) is 21.6 Å². The summed E-state index contributed by atoms with van der Waals surface area (Å²) in [5.74, 6) is 0. The number of aryl methyl sites for hydroxylation is 2. The molecule has 0 aliphatic heterocycles. The maximum absolute atomic E-state index is 12.9. The van der Waals surface area contributed by atoms with Gasteiger partial charge in [-0.1, -0.05) is 55.4 Å². The topological polar surface area (TPSA) is 79.0 Å². The molecule has 0 fully saturated rings. The average molecular weight is 457 g/mol. The van der Waals surface area contributed by atoms with E-state index in [1.807, 2.05) is 62.6 Å². The van der Waals surface area contributed by atoms with Crippen molar-refractivity contribution in [2.75, 3.05) is 13.1 Å². The molecule has 8 heteroatoms. The second kappa shape index (κ2) is 9.86. The summed E-state index contributed by atoms with van der Waals surface area (Å²) in [6, 6.07) is 15.7. The Kier molecular flexibility index (Phi) is 7.42. The number of sulfonamides is 1. The van der Waals surface area contributed by atoms with E-state index >= 15 is 0 Å². The smallest absolute Gasteiger partial charge is 0.243 e. The van der Waals surface area contributed by atoms with E-state index in [0.717, 1.165) is 16.2 Å². The summed E-state index contributed by atoms with van der Waals surface area (Å²) in [6.07, 6.45) is 0.621. The van der Waals surface area contributed by atoms with Crippen LogP contribution in [-0.4, -0.2) is 40.6 Å². The van der Waals surface area contributed by atoms with Gasteiger partial charge in [0.1, 0.15) is 5.25 Å². The lowest BCUT2D eigenvalue weighted by atomic mass is 10.1. The summed E-state index contributed by atoms with van der Waals surface area (Å²) in [5, 5.41) is 10.2. The number of thioether (sulfide) groups is 1. The van der Waals surface area contributed by atoms with Crippen LogP contribution in [0.5, 0.6) is 0 Å². The molecule has 1 atom stereocenters. The molecule has 3 rings (SSSR count). The van der Waals surface area contributed by atoms with Crippen molar-refractivity contribution in [1.29, 1.82) is 5.26 Å². The summed E-state index contributed by atoms with van der Waals surface area (Å²) < 4.78 is 29.3. The maximum atomic E-state index is 12.9. The van der Waals surface area contributed by atoms with Gasteiger partial charge in [-0.05, 0) is 44.0 Å². The van der Waals surface area contributed by atoms with E-state index in [-0.39, 0.29) is 10.1 Å². The maximum Gasteiger partial charge on any atom is 0.243 e. The Morgan fingerprint density at radius 3 is 2.39 bits per heavy atom. The van der Waals surface area contributed by atoms with Gasteiger partial charge < -0.3 is 4.57 Å². The Hall–Kier alpha value is -2.34. The van der Waals surface area contributed by atoms with Crippen LogP contribution in [0.15, 0.2) is 52.5 Å². The highest BCUT2D eigenvalue weighted by Crippen LogP contribution is 2.30. The van der Waals surface area contributed by atoms with Gasteiger partial charge in [-0.3, -0.25) is 0 Å². The zero-order valence-electron chi connectivity index (χ0n) is 18.4. The molecule has 3 aromatic rings. The van der Waals surface area contributed by atoms with Crippen LogP contribution in [0.1, 0.15) is 31.9 Å². The van der Waals surface area contributed by atoms with Gasteiger partial charge in [0.15, 0.2) is 5.16 Å². The third kappa shape index (κ3) is 4.95. The molecule has 0 bridgehead atoms. The number of hydrogen-bond acceptors (Lipinski definition) is 5. The standard InChI is InChI=1S/C23H28N4O2S2/c1-5-26(6-2)31(28,29)20-12-13-22-21(15-20)25-23(27(22)7-3)30-19(16-24)14-18-10-8-17(4)9-11-18/h8-13,15,19H,5-7,14H2,1-4H3. The largest absolute Gasteiger partial charge is 0.319 e. The second-order valence-electron chi connectivity index (χ2n) is 7.30. The highest BCUT2D eigenvalue weighted by atomic mass is 32.2. The van der Waals surface area contributed by atoms with Crippen LogP contribution < -0.4 is 0 Å². The number of fused-ring (bicyclic) bond motifs is 1. The average Bonchev–Trinajstić information content (AvgIpc) is 3.11. The molecule has 31 heavy (non-hydrogen) atoms. The molecule has 0 spiro atoms. The number of imidazole rings is 1. The fourth-order valence-electron chi connectivity index (χ4n) is 3.54. The third-order valence-corrected chi connectivity index (χ3v) is 8.40. The molecule has 0 aliphatic carbocycles. The third-order valence-electron chi connectivity index (χ3n) is 5.28. The van der Waals surface area contributed by atoms with Gasteiger partial charge in [-0.2, -0.15) is 9.57 Å². The first-order valence-electron chi connectivity index (χ1n) is 10.5. The molecule has 0 aliphatic rings. The molecule has 0 saturated carbocycles. The first-order valence-corrected chi connectivity index (χ1v) is 12.8. The fraction of sp³-hybridized carbons (Fsp3) is 0.391. The Labute approximate surface area is 188 Å². The Morgan fingerprint density at radius 2 is 1.81 bits per heavy atom. The Balaban J connectivity index is 1.93. The molecular formula is C23H28N4O2S2. The van der Waals surface area contributed by atoms with Crippen molar-refractivity contribution in [1.82, 2.24) is 13.9 Å². The first-order chi connectivity index (χ1) is 14.8. The summed E-state index contributed by atoms with van der Waals surface area (Å²) in [6.45, 7) is 9.25. The lowest BCUT2D eigenvalue weighted by Gasteiger charge is -2.18. The monoisotopic (exact) mass is 456 g/mol. The first kappa shape index (κ1) is 23.3. The summed E-state index contributed by atoms with van der Waals surface area (Å²) in [5.41, 5.74) is 3.80. The van der Waals surface area contributed by atoms with E-state index in [4.69, 9.17) is 4.98 Å². The highest BCUT2D eigenvalue weighted by molar-refractivity contribution is 8.00. The number of hydrogen-bond donors (Lipinski definition) is 0. The van der Waals surface area contributed by atoms with Crippen molar-refractivity contribution in [2.45, 2.75) is 56.0 Å². The van der Waals surface area contributed by atoms with Gasteiger partial charge in [0, 0.05) is 19.6 Å². The minimum absolute atomic E-state index is 0.248. The van der Waals surface area contributed by atoms with Gasteiger partial charge in [-0.25, -0.2) is 13.4 Å². The molecule has 2 aromatic carbocycles. The minimum Gasteiger partial charge on any atom is -0.319 e. The molecular weight excluding hydrogens is 428 g/mol. The minimum atomic E-state index is -3.55. The zero-order chi connectivity index (χ0) is 22.6. The van der Waals surface area contributed by atoms with Gasteiger partial charge in [0.25, 0.3) is 0 Å². The van der Waals surface area contributed by atoms with E-state index in [0.29, 0.717) is 31.6 Å². The highest BCUT2D eigenvalue weighted by Gasteiger charge is 2.23. The van der Waals surface area contributed by atoms with Gasteiger partial charge in [-0.15, -0.1) is 0 Å². The Morgan fingerprint density at radius 1 is 1.13 bits per heavy atom. The quantitative estimate of drug-likeness (QED) is 0.439. The number of rotatable bonds is 9. The second-order valence-corrected chi connectivity index (χ2v) is 10.4. The van der Waals surface area contributed by atoms with E-state index in [2.05, 4.69) is 6.07 Å². The SMILES string of the molecule is CCN(CC)S(=O)(=O)c1ccc2c(c1)nc(SC(C#N)Cc1ccc(C)cc1)n2CC. The molecule has 1 unspecified atom stereocenters. The predicted molar refractivity (Wildman–Crippen MR) is 126 cm³/mol. The van der Waals surface area contributed by atoms with Crippen molar-refractivity contribution in [2.24, 2.45) is 0 Å². The van der Waals surface area contributed by atoms with Crippen LogP contribution in [0, 0.1) is 18.3 Å². The molecule has 0 amide bonds. The summed E-state index contributed by atoms with van der Waals surface area (Å²) in [4.78, 5) is 4.95. The van der Waals surface area contributed by atoms with E-state index in [1.54, 1.807) is 12.1 Å². The van der Waals surface area contributed by atoms with Crippen molar-refractivity contribution in [3.05, 3.63) is 53.6 Å². The van der Waals surface area contributed by atoms with Crippen LogP contribution >= 0.6 is 11.8 Å². The number of nitrogens with zero attached hydrogens (tertiary/aromatic N) is 4. The predicted octanol–water partition coefficient (Wildman–Crippen LogP) is 4.62. The molecule has 1 aromatic heterocycles. The molecule has 0 saturated heterocycles. The van der Waals surface area contributed by atoms with Crippen molar-refractivity contribution in [3.63, 3.8) is 0 Å². The van der Waals surface area contributed by atoms with E-state index in [9.17, 15) is 13.7 Å². The lowest BCUT2D eigenvalue weighted by Crippen LogP contribution is -2.30. The molecule has 1 heterocycles. The van der Waals surface area contributed by atoms with Crippen LogP contribution in [0.4, 0.5) is 0 Å². The Bertz CT molecular complexity index is 1190. The molecule has 164 valence electrons. The molecule has 0 N–H and O–H groups in total. The molecule has 6 nitrogen and oxygen atoms in total. The van der Waals surface area contributed by atoms with E-state index < -0.39 is 10.0 Å². The fourth-order valence-corrected chi connectivity index (χ4v) is 6.10. The van der Waals surface area contributed by atoms with Crippen LogP contribution in [-0.2, 0) is 23.0 Å². The van der Waals surface area contributed by atoms with Crippen molar-refractivity contribution >= 4 is 32.8 Å². The number of benzene rings is 2. The number of nitriles is 1. The zero-order valence-corrected chi connectivity index (χ0v) is 20.0. The van der Waals surface area contributed by atoms with Gasteiger partial charge >= 0.3 is 0 Å². The molecule has 0 radical (unpaired) electrons. The van der Waals surface area contributed by atoms with Crippen molar-refractivity contribution < 1.29 is 8.42 Å². The van der Waals surface area contributed by atoms with Gasteiger partial charge in [0.05, 0.1) is 22.0 Å². The summed E-state index contributed by atoms with van der Waals surface area (Å²) >= 11 is 1.42. The van der Waals surface area contributed by atoms with Crippen LogP contribution in [0.25, 0.3) is 11.0 Å². The van der Waals surface area contributed by atoms with Gasteiger partial charge in [0.2, 0.25) is 10.0 Å². The lowest BCUT2D eigenvalue weighted by molar-refractivity contribution is 0.445. The summed E-state index contributed by atoms with van der Waals surface area (Å²) in [7, 11) is -3.55. The normalized spacial score (nSPS) is 12.9. The van der Waals surface area contributed by atoms with Crippen LogP contribution in [0.2, 0.25) is 0 Å². The van der Waals surface area contributed by atoms with Crippen LogP contribution in [0.3, 0.4) is 0 Å². The van der Waals surface area contributed by atoms with Crippen molar-refractivity contribution in [3.8, 4) is 6.07 Å².